The number of hydrogen-bond acceptors (Lipinski definition) is 4. The molecule has 0 amide bonds. The molecule has 1 atom stereocenters. The summed E-state index contributed by atoms with van der Waals surface area (Å²) in [4.78, 5) is 11.5. The highest BCUT2D eigenvalue weighted by Crippen LogP contribution is 2.21. The molecular formula is C10H17N3O2. The van der Waals surface area contributed by atoms with Crippen LogP contribution in [-0.2, 0) is 23.0 Å². The van der Waals surface area contributed by atoms with Gasteiger partial charge in [0.05, 0.1) is 18.2 Å². The summed E-state index contributed by atoms with van der Waals surface area (Å²) in [6.07, 6.45) is 2.33. The Bertz CT molecular complexity index is 348. The van der Waals surface area contributed by atoms with Crippen molar-refractivity contribution in [2.24, 2.45) is 18.2 Å². The van der Waals surface area contributed by atoms with E-state index in [1.807, 2.05) is 19.3 Å². The van der Waals surface area contributed by atoms with Crippen LogP contribution in [0.25, 0.3) is 0 Å². The molecule has 0 saturated carbocycles. The van der Waals surface area contributed by atoms with Crippen LogP contribution in [0.5, 0.6) is 0 Å². The number of hydrogen-bond donors (Lipinski definition) is 1. The second-order valence-corrected chi connectivity index (χ2v) is 3.91. The summed E-state index contributed by atoms with van der Waals surface area (Å²) < 4.78 is 6.43. The Kier molecular flexibility index (Phi) is 3.47. The van der Waals surface area contributed by atoms with Gasteiger partial charge < -0.3 is 10.5 Å². The average Bonchev–Trinajstić information content (AvgIpc) is 2.62. The van der Waals surface area contributed by atoms with Gasteiger partial charge in [0, 0.05) is 26.2 Å². The van der Waals surface area contributed by atoms with Crippen LogP contribution >= 0.6 is 0 Å². The molecule has 0 radical (unpaired) electrons. The summed E-state index contributed by atoms with van der Waals surface area (Å²) in [7, 11) is 3.20. The van der Waals surface area contributed by atoms with Crippen LogP contribution in [-0.4, -0.2) is 29.4 Å². The van der Waals surface area contributed by atoms with Gasteiger partial charge in [-0.15, -0.1) is 0 Å². The largest absolute Gasteiger partial charge is 0.469 e. The van der Waals surface area contributed by atoms with Crippen molar-refractivity contribution in [3.05, 3.63) is 18.0 Å². The van der Waals surface area contributed by atoms with E-state index >= 15 is 0 Å². The van der Waals surface area contributed by atoms with Crippen molar-refractivity contribution in [3.8, 4) is 0 Å². The Balaban J connectivity index is 2.80. The highest BCUT2D eigenvalue weighted by molar-refractivity contribution is 5.76. The molecule has 0 aliphatic heterocycles. The van der Waals surface area contributed by atoms with Crippen molar-refractivity contribution in [3.63, 3.8) is 0 Å². The minimum absolute atomic E-state index is 0.246. The number of nitrogens with zero attached hydrogens (tertiary/aromatic N) is 2. The maximum Gasteiger partial charge on any atom is 0.313 e. The first kappa shape index (κ1) is 11.7. The van der Waals surface area contributed by atoms with E-state index in [1.165, 1.54) is 7.11 Å². The maximum atomic E-state index is 11.5. The number of rotatable bonds is 4. The van der Waals surface area contributed by atoms with Crippen molar-refractivity contribution in [1.82, 2.24) is 9.78 Å². The maximum absolute atomic E-state index is 11.5. The third-order valence-electron chi connectivity index (χ3n) is 2.47. The van der Waals surface area contributed by atoms with E-state index in [0.717, 1.165) is 5.69 Å². The Morgan fingerprint density at radius 3 is 2.80 bits per heavy atom. The Labute approximate surface area is 89.2 Å². The Morgan fingerprint density at radius 2 is 2.40 bits per heavy atom. The molecule has 15 heavy (non-hydrogen) atoms. The van der Waals surface area contributed by atoms with Crippen LogP contribution in [0, 0.1) is 5.41 Å². The van der Waals surface area contributed by atoms with Crippen molar-refractivity contribution in [2.75, 3.05) is 13.7 Å². The van der Waals surface area contributed by atoms with Crippen LogP contribution in [0.15, 0.2) is 12.3 Å². The number of carbonyl (C=O) groups excluding carboxylic acids is 1. The number of carbonyl (C=O) groups is 1. The van der Waals surface area contributed by atoms with E-state index in [1.54, 1.807) is 11.6 Å². The number of ether oxygens (including phenoxy) is 1. The molecule has 1 aromatic heterocycles. The highest BCUT2D eigenvalue weighted by atomic mass is 16.5. The summed E-state index contributed by atoms with van der Waals surface area (Å²) >= 11 is 0. The quantitative estimate of drug-likeness (QED) is 0.717. The fourth-order valence-corrected chi connectivity index (χ4v) is 1.43. The molecule has 1 rings (SSSR count). The zero-order chi connectivity index (χ0) is 11.5. The molecule has 0 aliphatic carbocycles. The molecule has 0 fully saturated rings. The monoisotopic (exact) mass is 211 g/mol. The van der Waals surface area contributed by atoms with Crippen molar-refractivity contribution in [2.45, 2.75) is 13.3 Å². The summed E-state index contributed by atoms with van der Waals surface area (Å²) in [5, 5.41) is 4.21. The summed E-state index contributed by atoms with van der Waals surface area (Å²) in [5.41, 5.74) is 5.75. The number of aromatic nitrogens is 2. The summed E-state index contributed by atoms with van der Waals surface area (Å²) in [6, 6.07) is 1.87. The lowest BCUT2D eigenvalue weighted by molar-refractivity contribution is -0.151. The third-order valence-corrected chi connectivity index (χ3v) is 2.47. The van der Waals surface area contributed by atoms with Gasteiger partial charge >= 0.3 is 5.97 Å². The Morgan fingerprint density at radius 1 is 1.73 bits per heavy atom. The molecule has 0 spiro atoms. The van der Waals surface area contributed by atoms with E-state index in [0.29, 0.717) is 6.42 Å². The zero-order valence-corrected chi connectivity index (χ0v) is 9.36. The lowest BCUT2D eigenvalue weighted by atomic mass is 9.85. The second-order valence-electron chi connectivity index (χ2n) is 3.91. The number of methoxy groups -OCH3 is 1. The molecule has 1 heterocycles. The average molecular weight is 211 g/mol. The van der Waals surface area contributed by atoms with Gasteiger partial charge in [-0.3, -0.25) is 9.48 Å². The molecule has 1 aromatic rings. The van der Waals surface area contributed by atoms with Gasteiger partial charge in [0.15, 0.2) is 0 Å². The van der Waals surface area contributed by atoms with Gasteiger partial charge in [-0.2, -0.15) is 5.10 Å². The first-order valence-electron chi connectivity index (χ1n) is 4.79. The van der Waals surface area contributed by atoms with Crippen LogP contribution in [0.3, 0.4) is 0 Å². The molecule has 2 N–H and O–H groups in total. The van der Waals surface area contributed by atoms with Crippen molar-refractivity contribution in [1.29, 1.82) is 0 Å². The van der Waals surface area contributed by atoms with Gasteiger partial charge in [-0.1, -0.05) is 0 Å². The van der Waals surface area contributed by atoms with Gasteiger partial charge in [0.1, 0.15) is 0 Å². The van der Waals surface area contributed by atoms with E-state index in [9.17, 15) is 4.79 Å². The van der Waals surface area contributed by atoms with Crippen LogP contribution in [0.2, 0.25) is 0 Å². The van der Waals surface area contributed by atoms with Gasteiger partial charge in [0.25, 0.3) is 0 Å². The number of nitrogens with two attached hydrogens (primary N) is 1. The van der Waals surface area contributed by atoms with E-state index in [-0.39, 0.29) is 12.5 Å². The Hall–Kier alpha value is -1.36. The minimum atomic E-state index is -0.691. The molecule has 0 aromatic carbocycles. The molecular weight excluding hydrogens is 194 g/mol. The standard InChI is InChI=1S/C10H17N3O2/c1-10(7-11,9(14)15-3)6-8-4-5-13(2)12-8/h4-5H,6-7,11H2,1-3H3. The minimum Gasteiger partial charge on any atom is -0.469 e. The third kappa shape index (κ3) is 2.56. The normalized spacial score (nSPS) is 14.7. The summed E-state index contributed by atoms with van der Waals surface area (Å²) in [6.45, 7) is 2.03. The summed E-state index contributed by atoms with van der Waals surface area (Å²) in [5.74, 6) is -0.296. The molecule has 0 saturated heterocycles. The first-order valence-corrected chi connectivity index (χ1v) is 4.79. The first-order chi connectivity index (χ1) is 7.01. The second kappa shape index (κ2) is 4.44. The lowest BCUT2D eigenvalue weighted by Gasteiger charge is -2.23. The van der Waals surface area contributed by atoms with E-state index in [4.69, 9.17) is 10.5 Å². The van der Waals surface area contributed by atoms with Crippen molar-refractivity contribution >= 4 is 5.97 Å². The molecule has 5 heteroatoms. The molecule has 0 bridgehead atoms. The predicted molar refractivity (Wildman–Crippen MR) is 56.1 cm³/mol. The van der Waals surface area contributed by atoms with Crippen molar-refractivity contribution < 1.29 is 9.53 Å². The fraction of sp³-hybridized carbons (Fsp3) is 0.600. The van der Waals surface area contributed by atoms with Crippen LogP contribution in [0.1, 0.15) is 12.6 Å². The lowest BCUT2D eigenvalue weighted by Crippen LogP contribution is -2.38. The molecule has 1 unspecified atom stereocenters. The molecule has 0 aliphatic rings. The molecule has 5 nitrogen and oxygen atoms in total. The van der Waals surface area contributed by atoms with E-state index in [2.05, 4.69) is 5.10 Å². The smallest absolute Gasteiger partial charge is 0.313 e. The SMILES string of the molecule is COC(=O)C(C)(CN)Cc1ccn(C)n1. The molecule has 84 valence electrons. The fourth-order valence-electron chi connectivity index (χ4n) is 1.43. The zero-order valence-electron chi connectivity index (χ0n) is 9.36. The van der Waals surface area contributed by atoms with Gasteiger partial charge in [0.2, 0.25) is 0 Å². The van der Waals surface area contributed by atoms with Crippen LogP contribution in [0.4, 0.5) is 0 Å². The highest BCUT2D eigenvalue weighted by Gasteiger charge is 2.33. The van der Waals surface area contributed by atoms with E-state index < -0.39 is 5.41 Å². The predicted octanol–water partition coefficient (Wildman–Crippen LogP) is 0.101. The number of esters is 1. The van der Waals surface area contributed by atoms with Gasteiger partial charge in [-0.25, -0.2) is 0 Å². The topological polar surface area (TPSA) is 70.1 Å². The van der Waals surface area contributed by atoms with Gasteiger partial charge in [-0.05, 0) is 13.0 Å². The number of aryl methyl sites for hydroxylation is 1. The van der Waals surface area contributed by atoms with Crippen LogP contribution < -0.4 is 5.73 Å².